The predicted octanol–water partition coefficient (Wildman–Crippen LogP) is 3.38. The molecule has 104 valence electrons. The quantitative estimate of drug-likeness (QED) is 0.833. The predicted molar refractivity (Wildman–Crippen MR) is 77.5 cm³/mol. The maximum Gasteiger partial charge on any atom is 0.128 e. The van der Waals surface area contributed by atoms with Crippen molar-refractivity contribution in [2.45, 2.75) is 26.3 Å². The number of phenols is 1. The smallest absolute Gasteiger partial charge is 0.128 e. The lowest BCUT2D eigenvalue weighted by Crippen LogP contribution is -2.31. The normalized spacial score (nSPS) is 17.9. The lowest BCUT2D eigenvalue weighted by Gasteiger charge is -2.29. The molecule has 0 radical (unpaired) electrons. The second-order valence-electron chi connectivity index (χ2n) is 5.50. The Bertz CT molecular complexity index is 643. The third-order valence-electron chi connectivity index (χ3n) is 3.95. The Morgan fingerprint density at radius 2 is 2.00 bits per heavy atom. The maximum absolute atomic E-state index is 14.4. The van der Waals surface area contributed by atoms with Crippen LogP contribution in [0.3, 0.4) is 0 Å². The molecule has 1 atom stereocenters. The van der Waals surface area contributed by atoms with Crippen LogP contribution in [-0.4, -0.2) is 11.7 Å². The molecule has 3 heteroatoms. The standard InChI is InChI=1S/C17H18FNO/c1-10-7-11(2)16(15(18)8-10)17-14-9-13(20)4-3-12(14)5-6-19-17/h3-4,7-9,17,19-20H,5-6H2,1-2H3. The Balaban J connectivity index is 2.16. The monoisotopic (exact) mass is 271 g/mol. The first-order chi connectivity index (χ1) is 9.56. The van der Waals surface area contributed by atoms with Crippen molar-refractivity contribution in [3.05, 3.63) is 64.0 Å². The van der Waals surface area contributed by atoms with Crippen molar-refractivity contribution in [1.82, 2.24) is 5.32 Å². The van der Waals surface area contributed by atoms with Crippen LogP contribution in [0.2, 0.25) is 0 Å². The molecule has 1 aliphatic heterocycles. The molecular formula is C17H18FNO. The molecule has 0 spiro atoms. The van der Waals surface area contributed by atoms with Gasteiger partial charge in [0.15, 0.2) is 0 Å². The van der Waals surface area contributed by atoms with E-state index in [1.165, 1.54) is 5.56 Å². The molecule has 2 aromatic carbocycles. The van der Waals surface area contributed by atoms with Crippen molar-refractivity contribution in [2.75, 3.05) is 6.54 Å². The number of aryl methyl sites for hydroxylation is 2. The van der Waals surface area contributed by atoms with Crippen LogP contribution in [0, 0.1) is 19.7 Å². The van der Waals surface area contributed by atoms with Crippen LogP contribution in [0.15, 0.2) is 30.3 Å². The summed E-state index contributed by atoms with van der Waals surface area (Å²) in [5.41, 5.74) is 4.70. The highest BCUT2D eigenvalue weighted by atomic mass is 19.1. The summed E-state index contributed by atoms with van der Waals surface area (Å²) in [5, 5.41) is 13.1. The van der Waals surface area contributed by atoms with E-state index >= 15 is 0 Å². The van der Waals surface area contributed by atoms with Crippen LogP contribution >= 0.6 is 0 Å². The lowest BCUT2D eigenvalue weighted by molar-refractivity contribution is 0.468. The summed E-state index contributed by atoms with van der Waals surface area (Å²) in [6, 6.07) is 8.74. The zero-order valence-corrected chi connectivity index (χ0v) is 11.7. The number of nitrogens with one attached hydrogen (secondary N) is 1. The molecule has 0 aliphatic carbocycles. The largest absolute Gasteiger partial charge is 0.508 e. The van der Waals surface area contributed by atoms with Crippen molar-refractivity contribution in [2.24, 2.45) is 0 Å². The Morgan fingerprint density at radius 1 is 1.20 bits per heavy atom. The molecule has 0 saturated carbocycles. The van der Waals surface area contributed by atoms with E-state index in [9.17, 15) is 9.50 Å². The first-order valence-corrected chi connectivity index (χ1v) is 6.88. The van der Waals surface area contributed by atoms with Crippen molar-refractivity contribution in [3.8, 4) is 5.75 Å². The van der Waals surface area contributed by atoms with Crippen molar-refractivity contribution in [1.29, 1.82) is 0 Å². The van der Waals surface area contributed by atoms with Crippen LogP contribution in [0.1, 0.15) is 33.9 Å². The Hall–Kier alpha value is -1.87. The highest BCUT2D eigenvalue weighted by molar-refractivity contribution is 5.46. The molecule has 0 saturated heterocycles. The molecule has 1 aliphatic rings. The van der Waals surface area contributed by atoms with Gasteiger partial charge >= 0.3 is 0 Å². The van der Waals surface area contributed by atoms with Gasteiger partial charge in [0.2, 0.25) is 0 Å². The topological polar surface area (TPSA) is 32.3 Å². The summed E-state index contributed by atoms with van der Waals surface area (Å²) in [5.74, 6) is 0.0406. The van der Waals surface area contributed by atoms with Crippen molar-refractivity contribution in [3.63, 3.8) is 0 Å². The van der Waals surface area contributed by atoms with Gasteiger partial charge in [-0.15, -0.1) is 0 Å². The SMILES string of the molecule is Cc1cc(C)c(C2NCCc3ccc(O)cc32)c(F)c1. The minimum atomic E-state index is -0.188. The fourth-order valence-corrected chi connectivity index (χ4v) is 3.09. The number of rotatable bonds is 1. The van der Waals surface area contributed by atoms with Gasteiger partial charge < -0.3 is 10.4 Å². The molecule has 2 aromatic rings. The third-order valence-corrected chi connectivity index (χ3v) is 3.95. The number of phenolic OH excluding ortho intramolecular Hbond substituents is 1. The zero-order valence-electron chi connectivity index (χ0n) is 11.7. The van der Waals surface area contributed by atoms with E-state index in [4.69, 9.17) is 0 Å². The van der Waals surface area contributed by atoms with E-state index in [0.29, 0.717) is 5.56 Å². The molecular weight excluding hydrogens is 253 g/mol. The van der Waals surface area contributed by atoms with Crippen LogP contribution < -0.4 is 5.32 Å². The van der Waals surface area contributed by atoms with Gasteiger partial charge in [0.1, 0.15) is 11.6 Å². The summed E-state index contributed by atoms with van der Waals surface area (Å²) in [6.45, 7) is 4.65. The van der Waals surface area contributed by atoms with Crippen LogP contribution in [0.5, 0.6) is 5.75 Å². The van der Waals surface area contributed by atoms with Gasteiger partial charge in [0, 0.05) is 12.1 Å². The molecule has 20 heavy (non-hydrogen) atoms. The van der Waals surface area contributed by atoms with Crippen molar-refractivity contribution < 1.29 is 9.50 Å². The number of benzene rings is 2. The first-order valence-electron chi connectivity index (χ1n) is 6.88. The highest BCUT2D eigenvalue weighted by Crippen LogP contribution is 2.34. The van der Waals surface area contributed by atoms with Gasteiger partial charge in [-0.2, -0.15) is 0 Å². The van der Waals surface area contributed by atoms with Gasteiger partial charge in [-0.05, 0) is 60.7 Å². The van der Waals surface area contributed by atoms with Crippen molar-refractivity contribution >= 4 is 0 Å². The van der Waals surface area contributed by atoms with Gasteiger partial charge in [0.05, 0.1) is 6.04 Å². The second kappa shape index (κ2) is 4.91. The number of halogens is 1. The Morgan fingerprint density at radius 3 is 2.75 bits per heavy atom. The van der Waals surface area contributed by atoms with Crippen LogP contribution in [0.25, 0.3) is 0 Å². The van der Waals surface area contributed by atoms with Crippen LogP contribution in [0.4, 0.5) is 4.39 Å². The number of fused-ring (bicyclic) bond motifs is 1. The average molecular weight is 271 g/mol. The molecule has 0 amide bonds. The van der Waals surface area contributed by atoms with E-state index < -0.39 is 0 Å². The van der Waals surface area contributed by atoms with E-state index in [2.05, 4.69) is 5.32 Å². The maximum atomic E-state index is 14.4. The van der Waals surface area contributed by atoms with Gasteiger partial charge in [-0.3, -0.25) is 0 Å². The fraction of sp³-hybridized carbons (Fsp3) is 0.294. The second-order valence-corrected chi connectivity index (χ2v) is 5.50. The summed E-state index contributed by atoms with van der Waals surface area (Å²) in [4.78, 5) is 0. The average Bonchev–Trinajstić information content (AvgIpc) is 2.38. The molecule has 2 nitrogen and oxygen atoms in total. The molecule has 3 rings (SSSR count). The molecule has 0 fully saturated rings. The summed E-state index contributed by atoms with van der Waals surface area (Å²) >= 11 is 0. The molecule has 0 aromatic heterocycles. The third kappa shape index (κ3) is 2.18. The summed E-state index contributed by atoms with van der Waals surface area (Å²) in [6.07, 6.45) is 0.901. The Labute approximate surface area is 118 Å². The molecule has 1 heterocycles. The van der Waals surface area contributed by atoms with E-state index in [0.717, 1.165) is 29.7 Å². The summed E-state index contributed by atoms with van der Waals surface area (Å²) in [7, 11) is 0. The van der Waals surface area contributed by atoms with E-state index in [1.54, 1.807) is 18.2 Å². The minimum absolute atomic E-state index is 0.184. The van der Waals surface area contributed by atoms with E-state index in [-0.39, 0.29) is 17.6 Å². The lowest BCUT2D eigenvalue weighted by atomic mass is 9.87. The van der Waals surface area contributed by atoms with E-state index in [1.807, 2.05) is 26.0 Å². The Kier molecular flexibility index (Phi) is 3.22. The fourth-order valence-electron chi connectivity index (χ4n) is 3.09. The number of hydrogen-bond donors (Lipinski definition) is 2. The number of aromatic hydroxyl groups is 1. The molecule has 2 N–H and O–H groups in total. The minimum Gasteiger partial charge on any atom is -0.508 e. The molecule has 1 unspecified atom stereocenters. The van der Waals surface area contributed by atoms with Gasteiger partial charge in [-0.25, -0.2) is 4.39 Å². The zero-order chi connectivity index (χ0) is 14.3. The summed E-state index contributed by atoms with van der Waals surface area (Å²) < 4.78 is 14.4. The highest BCUT2D eigenvalue weighted by Gasteiger charge is 2.25. The number of hydrogen-bond acceptors (Lipinski definition) is 2. The van der Waals surface area contributed by atoms with Gasteiger partial charge in [-0.1, -0.05) is 12.1 Å². The van der Waals surface area contributed by atoms with Gasteiger partial charge in [0.25, 0.3) is 0 Å². The molecule has 0 bridgehead atoms. The first kappa shape index (κ1) is 13.1. The van der Waals surface area contributed by atoms with Crippen LogP contribution in [-0.2, 0) is 6.42 Å².